The molecule has 0 saturated carbocycles. The van der Waals surface area contributed by atoms with Gasteiger partial charge in [0.25, 0.3) is 0 Å². The van der Waals surface area contributed by atoms with Crippen LogP contribution < -0.4 is 4.90 Å². The average molecular weight is 268 g/mol. The fourth-order valence-corrected chi connectivity index (χ4v) is 3.76. The molecule has 4 nitrogen and oxygen atoms in total. The molecule has 1 aromatic rings. The first kappa shape index (κ1) is 12.8. The molecule has 0 amide bonds. The zero-order chi connectivity index (χ0) is 13.3. The fourth-order valence-electron chi connectivity index (χ4n) is 2.20. The Morgan fingerprint density at radius 3 is 2.83 bits per heavy atom. The third-order valence-electron chi connectivity index (χ3n) is 3.06. The number of halogens is 1. The highest BCUT2D eigenvalue weighted by atomic mass is 32.2. The first-order valence-corrected chi connectivity index (χ1v) is 7.42. The highest BCUT2D eigenvalue weighted by molar-refractivity contribution is 7.91. The van der Waals surface area contributed by atoms with Gasteiger partial charge in [0.2, 0.25) is 0 Å². The van der Waals surface area contributed by atoms with Crippen molar-refractivity contribution in [3.05, 3.63) is 29.6 Å². The van der Waals surface area contributed by atoms with Gasteiger partial charge in [-0.1, -0.05) is 0 Å². The lowest BCUT2D eigenvalue weighted by Gasteiger charge is -2.35. The second-order valence-electron chi connectivity index (χ2n) is 4.43. The van der Waals surface area contributed by atoms with Crippen molar-refractivity contribution in [2.75, 3.05) is 23.0 Å². The molecule has 1 saturated heterocycles. The molecule has 1 aliphatic rings. The lowest BCUT2D eigenvalue weighted by molar-refractivity contribution is 0.567. The minimum Gasteiger partial charge on any atom is -0.366 e. The van der Waals surface area contributed by atoms with E-state index in [2.05, 4.69) is 0 Å². The summed E-state index contributed by atoms with van der Waals surface area (Å²) in [6.07, 6.45) is 0. The summed E-state index contributed by atoms with van der Waals surface area (Å²) in [5.74, 6) is -0.331. The van der Waals surface area contributed by atoms with Crippen LogP contribution in [-0.2, 0) is 9.84 Å². The molecule has 18 heavy (non-hydrogen) atoms. The van der Waals surface area contributed by atoms with Crippen LogP contribution in [0.4, 0.5) is 10.1 Å². The van der Waals surface area contributed by atoms with Crippen molar-refractivity contribution >= 4 is 15.5 Å². The third kappa shape index (κ3) is 2.46. The molecule has 1 aromatic carbocycles. The van der Waals surface area contributed by atoms with Crippen LogP contribution in [0.3, 0.4) is 0 Å². The number of rotatable bonds is 1. The largest absolute Gasteiger partial charge is 0.366 e. The predicted octanol–water partition coefficient (Wildman–Crippen LogP) is 1.32. The summed E-state index contributed by atoms with van der Waals surface area (Å²) in [7, 11) is -3.00. The molecule has 1 atom stereocenters. The van der Waals surface area contributed by atoms with Gasteiger partial charge >= 0.3 is 0 Å². The maximum absolute atomic E-state index is 13.1. The smallest absolute Gasteiger partial charge is 0.154 e. The number of hydrogen-bond donors (Lipinski definition) is 0. The molecule has 0 N–H and O–H groups in total. The molecule has 0 spiro atoms. The maximum atomic E-state index is 13.1. The summed E-state index contributed by atoms with van der Waals surface area (Å²) in [6, 6.07) is 5.72. The quantitative estimate of drug-likeness (QED) is 0.770. The summed E-state index contributed by atoms with van der Waals surface area (Å²) in [5, 5.41) is 9.00. The maximum Gasteiger partial charge on any atom is 0.154 e. The monoisotopic (exact) mass is 268 g/mol. The van der Waals surface area contributed by atoms with E-state index >= 15 is 0 Å². The Kier molecular flexibility index (Phi) is 3.26. The van der Waals surface area contributed by atoms with Crippen molar-refractivity contribution in [2.24, 2.45) is 0 Å². The normalized spacial score (nSPS) is 22.5. The average Bonchev–Trinajstić information content (AvgIpc) is 2.29. The van der Waals surface area contributed by atoms with Crippen molar-refractivity contribution in [3.63, 3.8) is 0 Å². The van der Waals surface area contributed by atoms with Gasteiger partial charge in [0, 0.05) is 12.6 Å². The summed E-state index contributed by atoms with van der Waals surface area (Å²) < 4.78 is 36.0. The third-order valence-corrected chi connectivity index (χ3v) is 4.85. The van der Waals surface area contributed by atoms with Crippen LogP contribution in [0, 0.1) is 17.1 Å². The Morgan fingerprint density at radius 1 is 1.50 bits per heavy atom. The van der Waals surface area contributed by atoms with E-state index in [0.29, 0.717) is 12.2 Å². The number of nitriles is 1. The summed E-state index contributed by atoms with van der Waals surface area (Å²) in [5.41, 5.74) is 0.836. The molecule has 0 aromatic heterocycles. The van der Waals surface area contributed by atoms with Crippen LogP contribution >= 0.6 is 0 Å². The molecule has 0 bridgehead atoms. The minimum absolute atomic E-state index is 0.0647. The standard InChI is InChI=1S/C12H13FN2O2S/c1-9-8-18(16,17)5-4-15(9)12-3-2-11(13)6-10(12)7-14/h2-3,6,9H,4-5,8H2,1H3. The topological polar surface area (TPSA) is 61.2 Å². The highest BCUT2D eigenvalue weighted by Crippen LogP contribution is 2.25. The number of nitrogens with zero attached hydrogens (tertiary/aromatic N) is 2. The van der Waals surface area contributed by atoms with E-state index in [1.54, 1.807) is 6.92 Å². The van der Waals surface area contributed by atoms with Gasteiger partial charge < -0.3 is 4.90 Å². The molecule has 2 rings (SSSR count). The van der Waals surface area contributed by atoms with Gasteiger partial charge in [0.15, 0.2) is 9.84 Å². The van der Waals surface area contributed by atoms with Gasteiger partial charge in [-0.05, 0) is 25.1 Å². The van der Waals surface area contributed by atoms with E-state index in [1.165, 1.54) is 18.2 Å². The van der Waals surface area contributed by atoms with Crippen LogP contribution in [0.1, 0.15) is 12.5 Å². The molecule has 1 unspecified atom stereocenters. The second kappa shape index (κ2) is 4.58. The number of anilines is 1. The van der Waals surface area contributed by atoms with E-state index < -0.39 is 15.7 Å². The first-order valence-electron chi connectivity index (χ1n) is 5.59. The van der Waals surface area contributed by atoms with E-state index in [-0.39, 0.29) is 23.1 Å². The van der Waals surface area contributed by atoms with Gasteiger partial charge in [-0.15, -0.1) is 0 Å². The lowest BCUT2D eigenvalue weighted by Crippen LogP contribution is -2.47. The second-order valence-corrected chi connectivity index (χ2v) is 6.66. The summed E-state index contributed by atoms with van der Waals surface area (Å²) >= 11 is 0. The molecular weight excluding hydrogens is 255 g/mol. The van der Waals surface area contributed by atoms with Crippen LogP contribution in [0.15, 0.2) is 18.2 Å². The summed E-state index contributed by atoms with van der Waals surface area (Å²) in [6.45, 7) is 2.13. The Balaban J connectivity index is 2.36. The van der Waals surface area contributed by atoms with Gasteiger partial charge in [0.05, 0.1) is 22.8 Å². The van der Waals surface area contributed by atoms with E-state index in [1.807, 2.05) is 11.0 Å². The first-order chi connectivity index (χ1) is 8.43. The molecular formula is C12H13FN2O2S. The van der Waals surface area contributed by atoms with Crippen molar-refractivity contribution < 1.29 is 12.8 Å². The van der Waals surface area contributed by atoms with Crippen LogP contribution in [-0.4, -0.2) is 32.5 Å². The predicted molar refractivity (Wildman–Crippen MR) is 66.6 cm³/mol. The highest BCUT2D eigenvalue weighted by Gasteiger charge is 2.29. The molecule has 6 heteroatoms. The van der Waals surface area contributed by atoms with Gasteiger partial charge in [-0.2, -0.15) is 5.26 Å². The molecule has 1 fully saturated rings. The Morgan fingerprint density at radius 2 is 2.22 bits per heavy atom. The molecule has 1 heterocycles. The Hall–Kier alpha value is -1.61. The van der Waals surface area contributed by atoms with Crippen molar-refractivity contribution in [1.29, 1.82) is 5.26 Å². The minimum atomic E-state index is -3.00. The summed E-state index contributed by atoms with van der Waals surface area (Å²) in [4.78, 5) is 1.85. The Bertz CT molecular complexity index is 607. The SMILES string of the molecule is CC1CS(=O)(=O)CCN1c1ccc(F)cc1C#N. The van der Waals surface area contributed by atoms with Crippen LogP contribution in [0.2, 0.25) is 0 Å². The molecule has 1 aliphatic heterocycles. The number of hydrogen-bond acceptors (Lipinski definition) is 4. The fraction of sp³-hybridized carbons (Fsp3) is 0.417. The van der Waals surface area contributed by atoms with Gasteiger partial charge in [-0.3, -0.25) is 0 Å². The van der Waals surface area contributed by atoms with Gasteiger partial charge in [-0.25, -0.2) is 12.8 Å². The Labute approximate surface area is 106 Å². The van der Waals surface area contributed by atoms with Gasteiger partial charge in [0.1, 0.15) is 11.9 Å². The van der Waals surface area contributed by atoms with E-state index in [9.17, 15) is 12.8 Å². The van der Waals surface area contributed by atoms with E-state index in [4.69, 9.17) is 5.26 Å². The molecule has 0 radical (unpaired) electrons. The van der Waals surface area contributed by atoms with Crippen LogP contribution in [0.25, 0.3) is 0 Å². The van der Waals surface area contributed by atoms with Crippen molar-refractivity contribution in [2.45, 2.75) is 13.0 Å². The van der Waals surface area contributed by atoms with Crippen molar-refractivity contribution in [1.82, 2.24) is 0 Å². The number of sulfone groups is 1. The molecule has 96 valence electrons. The molecule has 0 aliphatic carbocycles. The number of benzene rings is 1. The van der Waals surface area contributed by atoms with Crippen molar-refractivity contribution in [3.8, 4) is 6.07 Å². The zero-order valence-corrected chi connectivity index (χ0v) is 10.7. The lowest BCUT2D eigenvalue weighted by atomic mass is 10.1. The zero-order valence-electron chi connectivity index (χ0n) is 9.93. The van der Waals surface area contributed by atoms with E-state index in [0.717, 1.165) is 0 Å². The van der Waals surface area contributed by atoms with Crippen LogP contribution in [0.5, 0.6) is 0 Å².